The van der Waals surface area contributed by atoms with Gasteiger partial charge in [0, 0.05) is 53.5 Å². The number of benzene rings is 1. The second kappa shape index (κ2) is 10.1. The van der Waals surface area contributed by atoms with Crippen molar-refractivity contribution in [2.45, 2.75) is 25.3 Å². The Kier molecular flexibility index (Phi) is 7.07. The Bertz CT molecular complexity index is 1230. The lowest BCUT2D eigenvalue weighted by Gasteiger charge is -2.40. The highest BCUT2D eigenvalue weighted by Gasteiger charge is 2.34. The molecule has 2 aliphatic rings. The molecule has 34 heavy (non-hydrogen) atoms. The average molecular weight is 606 g/mol. The van der Waals surface area contributed by atoms with Gasteiger partial charge in [0.2, 0.25) is 5.91 Å². The van der Waals surface area contributed by atoms with Crippen molar-refractivity contribution < 1.29 is 9.36 Å². The normalized spacial score (nSPS) is 18.2. The van der Waals surface area contributed by atoms with Gasteiger partial charge in [-0.05, 0) is 79.1 Å². The maximum Gasteiger partial charge on any atom is 0.227 e. The molecule has 0 N–H and O–H groups in total. The van der Waals surface area contributed by atoms with Gasteiger partial charge in [-0.3, -0.25) is 14.7 Å². The third-order valence-corrected chi connectivity index (χ3v) is 8.72. The summed E-state index contributed by atoms with van der Waals surface area (Å²) in [5.41, 5.74) is 5.92. The van der Waals surface area contributed by atoms with E-state index in [0.717, 1.165) is 51.2 Å². The number of amides is 1. The maximum atomic E-state index is 13.0. The van der Waals surface area contributed by atoms with Crippen LogP contribution in [0, 0.1) is 0 Å². The minimum Gasteiger partial charge on any atom is -0.340 e. The summed E-state index contributed by atoms with van der Waals surface area (Å²) in [4.78, 5) is 22.3. The number of hydrogen-bond donors (Lipinski definition) is 0. The van der Waals surface area contributed by atoms with Crippen molar-refractivity contribution in [1.82, 2.24) is 14.8 Å². The molecule has 1 aromatic carbocycles. The lowest BCUT2D eigenvalue weighted by atomic mass is 9.96. The Morgan fingerprint density at radius 1 is 1.12 bits per heavy atom. The number of nitrogens with zero attached hydrogens (tertiary/aromatic N) is 4. The molecule has 1 aliphatic heterocycles. The van der Waals surface area contributed by atoms with Crippen LogP contribution in [0.3, 0.4) is 0 Å². The van der Waals surface area contributed by atoms with E-state index in [1.54, 1.807) is 0 Å². The molecule has 3 heterocycles. The minimum atomic E-state index is 0.0422. The zero-order valence-electron chi connectivity index (χ0n) is 19.0. The Labute approximate surface area is 222 Å². The first kappa shape index (κ1) is 23.9. The van der Waals surface area contributed by atoms with E-state index < -0.39 is 0 Å². The van der Waals surface area contributed by atoms with Crippen LogP contribution in [0.1, 0.15) is 34.0 Å². The third kappa shape index (κ3) is 4.81. The largest absolute Gasteiger partial charge is 0.340 e. The van der Waals surface area contributed by atoms with E-state index in [1.807, 2.05) is 53.3 Å². The minimum absolute atomic E-state index is 0.0422. The standard InChI is InChI=1S/C26H26Br2ClN4O/c1-31-8-6-17(7-9-31)14-23(34)32-10-12-33(13-11-32)26-21-4-5-22(29)24(28)20(21)3-2-18-15-19(27)16-30-25(18)26/h4-9,15-16,26H,2-3,10-14H2,1H3/q+1. The van der Waals surface area contributed by atoms with Crippen LogP contribution < -0.4 is 4.57 Å². The van der Waals surface area contributed by atoms with E-state index in [1.165, 1.54) is 16.7 Å². The van der Waals surface area contributed by atoms with Crippen LogP contribution >= 0.6 is 43.5 Å². The fourth-order valence-electron chi connectivity index (χ4n) is 5.00. The number of carbonyl (C=O) groups excluding carboxylic acids is 1. The number of carbonyl (C=O) groups is 1. The fraction of sp³-hybridized carbons (Fsp3) is 0.346. The summed E-state index contributed by atoms with van der Waals surface area (Å²) in [5, 5.41) is 0.738. The van der Waals surface area contributed by atoms with E-state index in [9.17, 15) is 4.79 Å². The predicted molar refractivity (Wildman–Crippen MR) is 140 cm³/mol. The number of aromatic nitrogens is 2. The van der Waals surface area contributed by atoms with Gasteiger partial charge in [-0.25, -0.2) is 4.57 Å². The monoisotopic (exact) mass is 603 g/mol. The van der Waals surface area contributed by atoms with Crippen LogP contribution in [0.2, 0.25) is 5.02 Å². The Morgan fingerprint density at radius 3 is 2.59 bits per heavy atom. The number of piperazine rings is 1. The Morgan fingerprint density at radius 2 is 1.85 bits per heavy atom. The smallest absolute Gasteiger partial charge is 0.227 e. The highest BCUT2D eigenvalue weighted by molar-refractivity contribution is 9.10. The number of hydrogen-bond acceptors (Lipinski definition) is 3. The van der Waals surface area contributed by atoms with Crippen molar-refractivity contribution in [1.29, 1.82) is 0 Å². The zero-order chi connectivity index (χ0) is 23.8. The van der Waals surface area contributed by atoms with E-state index in [4.69, 9.17) is 16.6 Å². The molecule has 3 aromatic rings. The highest BCUT2D eigenvalue weighted by Crippen LogP contribution is 2.41. The van der Waals surface area contributed by atoms with Gasteiger partial charge in [-0.2, -0.15) is 0 Å². The molecule has 1 amide bonds. The molecule has 1 atom stereocenters. The summed E-state index contributed by atoms with van der Waals surface area (Å²) in [6.45, 7) is 3.03. The van der Waals surface area contributed by atoms with Gasteiger partial charge in [0.05, 0.1) is 23.2 Å². The van der Waals surface area contributed by atoms with Crippen LogP contribution in [0.15, 0.2) is 57.9 Å². The maximum absolute atomic E-state index is 13.0. The molecule has 0 spiro atoms. The van der Waals surface area contributed by atoms with Crippen LogP contribution in [0.4, 0.5) is 0 Å². The summed E-state index contributed by atoms with van der Waals surface area (Å²) >= 11 is 13.8. The van der Waals surface area contributed by atoms with Crippen molar-refractivity contribution in [3.05, 3.63) is 90.8 Å². The quantitative estimate of drug-likeness (QED) is 0.408. The lowest BCUT2D eigenvalue weighted by Crippen LogP contribution is -2.50. The third-order valence-electron chi connectivity index (χ3n) is 6.83. The molecule has 1 aliphatic carbocycles. The number of pyridine rings is 2. The van der Waals surface area contributed by atoms with Crippen molar-refractivity contribution in [2.75, 3.05) is 26.2 Å². The van der Waals surface area contributed by atoms with Crippen LogP contribution in [-0.2, 0) is 31.1 Å². The van der Waals surface area contributed by atoms with Gasteiger partial charge >= 0.3 is 0 Å². The molecular formula is C26H26Br2ClN4O+. The first-order valence-electron chi connectivity index (χ1n) is 11.5. The Balaban J connectivity index is 1.39. The first-order valence-corrected chi connectivity index (χ1v) is 13.4. The molecule has 0 bridgehead atoms. The van der Waals surface area contributed by atoms with E-state index in [-0.39, 0.29) is 11.9 Å². The van der Waals surface area contributed by atoms with Gasteiger partial charge in [0.1, 0.15) is 7.05 Å². The summed E-state index contributed by atoms with van der Waals surface area (Å²) < 4.78 is 3.96. The van der Waals surface area contributed by atoms with Crippen molar-refractivity contribution in [2.24, 2.45) is 7.05 Å². The molecule has 5 rings (SSSR count). The summed E-state index contributed by atoms with van der Waals surface area (Å²) in [7, 11) is 1.98. The fourth-order valence-corrected chi connectivity index (χ4v) is 6.11. The highest BCUT2D eigenvalue weighted by atomic mass is 79.9. The molecule has 1 saturated heterocycles. The number of halogens is 3. The van der Waals surface area contributed by atoms with Gasteiger partial charge in [-0.1, -0.05) is 17.7 Å². The molecule has 0 saturated carbocycles. The topological polar surface area (TPSA) is 40.3 Å². The van der Waals surface area contributed by atoms with Gasteiger partial charge < -0.3 is 4.90 Å². The SMILES string of the molecule is C[n+]1ccc(CC(=O)N2CCN(C3c4ccc(Cl)c(Br)c4CCc4cc(Br)cnc43)CC2)cc1. The number of rotatable bonds is 3. The molecule has 5 nitrogen and oxygen atoms in total. The van der Waals surface area contributed by atoms with E-state index in [2.05, 4.69) is 48.9 Å². The first-order chi connectivity index (χ1) is 16.4. The van der Waals surface area contributed by atoms with Crippen molar-refractivity contribution in [3.63, 3.8) is 0 Å². The molecule has 1 fully saturated rings. The van der Waals surface area contributed by atoms with E-state index >= 15 is 0 Å². The number of fused-ring (bicyclic) bond motifs is 2. The molecule has 0 radical (unpaired) electrons. The summed E-state index contributed by atoms with van der Waals surface area (Å²) in [6.07, 6.45) is 8.12. The van der Waals surface area contributed by atoms with Crippen LogP contribution in [-0.4, -0.2) is 46.9 Å². The molecule has 176 valence electrons. The van der Waals surface area contributed by atoms with Crippen LogP contribution in [0.25, 0.3) is 0 Å². The summed E-state index contributed by atoms with van der Waals surface area (Å²) in [6, 6.07) is 10.4. The molecule has 8 heteroatoms. The second-order valence-electron chi connectivity index (χ2n) is 8.99. The predicted octanol–water partition coefficient (Wildman–Crippen LogP) is 4.66. The van der Waals surface area contributed by atoms with Crippen molar-refractivity contribution >= 4 is 49.4 Å². The van der Waals surface area contributed by atoms with Crippen molar-refractivity contribution in [3.8, 4) is 0 Å². The average Bonchev–Trinajstić information content (AvgIpc) is 3.00. The van der Waals surface area contributed by atoms with Crippen LogP contribution in [0.5, 0.6) is 0 Å². The molecular weight excluding hydrogens is 580 g/mol. The number of aryl methyl sites for hydroxylation is 2. The second-order valence-corrected chi connectivity index (χ2v) is 11.1. The van der Waals surface area contributed by atoms with Gasteiger partial charge in [0.15, 0.2) is 12.4 Å². The van der Waals surface area contributed by atoms with E-state index in [0.29, 0.717) is 19.5 Å². The zero-order valence-corrected chi connectivity index (χ0v) is 22.9. The summed E-state index contributed by atoms with van der Waals surface area (Å²) in [5.74, 6) is 0.187. The lowest BCUT2D eigenvalue weighted by molar-refractivity contribution is -0.671. The molecule has 1 unspecified atom stereocenters. The van der Waals surface area contributed by atoms with Gasteiger partial charge in [0.25, 0.3) is 0 Å². The van der Waals surface area contributed by atoms with Gasteiger partial charge in [-0.15, -0.1) is 0 Å². The molecule has 2 aromatic heterocycles. The Hall–Kier alpha value is -1.80.